The van der Waals surface area contributed by atoms with Gasteiger partial charge in [-0.1, -0.05) is 47.9 Å². The zero-order valence-electron chi connectivity index (χ0n) is 16.7. The van der Waals surface area contributed by atoms with Crippen molar-refractivity contribution < 1.29 is 9.53 Å². The second-order valence-corrected chi connectivity index (χ2v) is 6.94. The number of ether oxygens (including phenoxy) is 1. The van der Waals surface area contributed by atoms with Gasteiger partial charge < -0.3 is 20.4 Å². The van der Waals surface area contributed by atoms with Crippen LogP contribution in [0.5, 0.6) is 5.75 Å². The summed E-state index contributed by atoms with van der Waals surface area (Å²) in [5.74, 6) is 5.68. The molecule has 5 nitrogen and oxygen atoms in total. The summed E-state index contributed by atoms with van der Waals surface area (Å²) in [4.78, 5) is 12.9. The highest BCUT2D eigenvalue weighted by Gasteiger charge is 2.17. The van der Waals surface area contributed by atoms with E-state index in [2.05, 4.69) is 29.3 Å². The predicted molar refractivity (Wildman–Crippen MR) is 125 cm³/mol. The lowest BCUT2D eigenvalue weighted by Crippen LogP contribution is -2.17. The van der Waals surface area contributed by atoms with Gasteiger partial charge in [-0.2, -0.15) is 0 Å². The van der Waals surface area contributed by atoms with Crippen LogP contribution in [0.4, 0.5) is 11.4 Å². The molecule has 0 aliphatic rings. The van der Waals surface area contributed by atoms with Crippen molar-refractivity contribution in [3.05, 3.63) is 77.1 Å². The fraction of sp³-hybridized carbons (Fsp3) is 0.174. The van der Waals surface area contributed by atoms with Crippen LogP contribution in [-0.4, -0.2) is 16.6 Å². The normalized spacial score (nSPS) is 10.9. The number of nitrogen functional groups attached to an aromatic ring is 1. The number of aromatic nitrogens is 1. The summed E-state index contributed by atoms with van der Waals surface area (Å²) in [5.41, 5.74) is 8.37. The summed E-state index contributed by atoms with van der Waals surface area (Å²) < 4.78 is 7.78. The molecule has 30 heavy (non-hydrogen) atoms. The third-order valence-corrected chi connectivity index (χ3v) is 4.54. The number of nitrogens with zero attached hydrogens (tertiary/aromatic N) is 1. The first kappa shape index (κ1) is 23.2. The summed E-state index contributed by atoms with van der Waals surface area (Å²) in [6, 6.07) is 15.0. The number of carbonyl (C=O) groups excluding carboxylic acids is 1. The Bertz CT molecular complexity index is 1070. The number of nitrogens with one attached hydrogen (secondary N) is 1. The quantitative estimate of drug-likeness (QED) is 0.404. The molecule has 0 bridgehead atoms. The molecule has 1 unspecified atom stereocenters. The first-order valence-corrected chi connectivity index (χ1v) is 9.53. The van der Waals surface area contributed by atoms with E-state index in [1.54, 1.807) is 19.9 Å². The van der Waals surface area contributed by atoms with Crippen molar-refractivity contribution in [2.75, 3.05) is 11.1 Å². The number of hydrogen-bond donors (Lipinski definition) is 2. The average Bonchev–Trinajstić information content (AvgIpc) is 3.12. The molecule has 3 N–H and O–H groups in total. The number of amides is 1. The molecule has 0 aliphatic heterocycles. The Labute approximate surface area is 187 Å². The van der Waals surface area contributed by atoms with Gasteiger partial charge in [-0.3, -0.25) is 4.79 Å². The van der Waals surface area contributed by atoms with Crippen molar-refractivity contribution in [1.29, 1.82) is 0 Å². The Hall–Kier alpha value is -3.07. The number of nitrogens with two attached hydrogens (primary N) is 1. The highest BCUT2D eigenvalue weighted by Crippen LogP contribution is 2.30. The van der Waals surface area contributed by atoms with Crippen LogP contribution in [0, 0.1) is 11.8 Å². The van der Waals surface area contributed by atoms with E-state index in [4.69, 9.17) is 22.1 Å². The van der Waals surface area contributed by atoms with E-state index in [-0.39, 0.29) is 24.4 Å². The molecule has 0 spiro atoms. The Kier molecular flexibility index (Phi) is 8.23. The van der Waals surface area contributed by atoms with E-state index in [9.17, 15) is 4.79 Å². The minimum atomic E-state index is -0.390. The molecule has 0 fully saturated rings. The lowest BCUT2D eigenvalue weighted by Gasteiger charge is -2.15. The smallest absolute Gasteiger partial charge is 0.259 e. The molecule has 1 aromatic heterocycles. The Morgan fingerprint density at radius 2 is 2.00 bits per heavy atom. The highest BCUT2D eigenvalue weighted by atomic mass is 35.5. The van der Waals surface area contributed by atoms with Gasteiger partial charge in [-0.05, 0) is 31.5 Å². The summed E-state index contributed by atoms with van der Waals surface area (Å²) in [6.45, 7) is 4.24. The number of anilines is 2. The monoisotopic (exact) mass is 443 g/mol. The average molecular weight is 444 g/mol. The van der Waals surface area contributed by atoms with Gasteiger partial charge in [0.05, 0.1) is 22.0 Å². The van der Waals surface area contributed by atoms with Crippen molar-refractivity contribution in [2.24, 2.45) is 0 Å². The first-order chi connectivity index (χ1) is 14.0. The van der Waals surface area contributed by atoms with Crippen LogP contribution >= 0.6 is 24.0 Å². The second-order valence-electron chi connectivity index (χ2n) is 6.54. The maximum Gasteiger partial charge on any atom is 0.259 e. The molecule has 1 heterocycles. The maximum atomic E-state index is 12.9. The van der Waals surface area contributed by atoms with Crippen molar-refractivity contribution in [3.63, 3.8) is 0 Å². The number of halogens is 2. The van der Waals surface area contributed by atoms with Gasteiger partial charge in [-0.15, -0.1) is 18.3 Å². The molecule has 156 valence electrons. The molecule has 3 rings (SSSR count). The van der Waals surface area contributed by atoms with Crippen molar-refractivity contribution >= 4 is 41.3 Å². The fourth-order valence-corrected chi connectivity index (χ4v) is 3.04. The van der Waals surface area contributed by atoms with Crippen LogP contribution in [0.3, 0.4) is 0 Å². The molecular weight excluding hydrogens is 421 g/mol. The van der Waals surface area contributed by atoms with E-state index < -0.39 is 0 Å². The van der Waals surface area contributed by atoms with Crippen LogP contribution in [0.15, 0.2) is 60.9 Å². The standard InChI is InChI=1S/C23H22ClN3O2.ClH/c1-3-7-16(2)29-22-13-21(25)20(24)12-19(22)23(28)26-18-10-11-27(15-18)14-17-8-5-4-6-9-17;/h4-6,8-13,15-16H,14,25H2,1-2H3,(H,26,28);1H. The summed E-state index contributed by atoms with van der Waals surface area (Å²) in [6.07, 6.45) is 3.39. The van der Waals surface area contributed by atoms with Gasteiger partial charge in [0, 0.05) is 25.0 Å². The van der Waals surface area contributed by atoms with Crippen molar-refractivity contribution in [2.45, 2.75) is 26.5 Å². The number of carbonyl (C=O) groups is 1. The van der Waals surface area contributed by atoms with Gasteiger partial charge in [0.25, 0.3) is 5.91 Å². The zero-order valence-corrected chi connectivity index (χ0v) is 18.3. The van der Waals surface area contributed by atoms with Gasteiger partial charge in [0.1, 0.15) is 5.75 Å². The number of benzene rings is 2. The molecule has 0 saturated carbocycles. The van der Waals surface area contributed by atoms with Gasteiger partial charge in [0.2, 0.25) is 0 Å². The lowest BCUT2D eigenvalue weighted by atomic mass is 10.1. The molecule has 2 aromatic carbocycles. The Balaban J connectivity index is 0.00000320. The molecule has 7 heteroatoms. The van der Waals surface area contributed by atoms with Gasteiger partial charge >= 0.3 is 0 Å². The van der Waals surface area contributed by atoms with Crippen LogP contribution < -0.4 is 15.8 Å². The van der Waals surface area contributed by atoms with E-state index >= 15 is 0 Å². The number of hydrogen-bond acceptors (Lipinski definition) is 3. The van der Waals surface area contributed by atoms with E-state index in [1.807, 2.05) is 41.2 Å². The van der Waals surface area contributed by atoms with Crippen LogP contribution in [0.1, 0.15) is 29.8 Å². The third-order valence-electron chi connectivity index (χ3n) is 4.21. The maximum absolute atomic E-state index is 12.9. The lowest BCUT2D eigenvalue weighted by molar-refractivity contribution is 0.102. The van der Waals surface area contributed by atoms with Crippen LogP contribution in [0.2, 0.25) is 5.02 Å². The minimum absolute atomic E-state index is 0. The van der Waals surface area contributed by atoms with Crippen LogP contribution in [-0.2, 0) is 6.54 Å². The number of rotatable bonds is 6. The topological polar surface area (TPSA) is 69.3 Å². The SMILES string of the molecule is CC#CC(C)Oc1cc(N)c(Cl)cc1C(=O)Nc1ccn(Cc2ccccc2)c1.Cl. The summed E-state index contributed by atoms with van der Waals surface area (Å²) in [5, 5.41) is 3.17. The zero-order chi connectivity index (χ0) is 20.8. The molecule has 3 aromatic rings. The molecule has 0 aliphatic carbocycles. The van der Waals surface area contributed by atoms with E-state index in [0.29, 0.717) is 34.3 Å². The van der Waals surface area contributed by atoms with Crippen LogP contribution in [0.25, 0.3) is 0 Å². The summed E-state index contributed by atoms with van der Waals surface area (Å²) >= 11 is 6.13. The molecule has 0 radical (unpaired) electrons. The largest absolute Gasteiger partial charge is 0.477 e. The van der Waals surface area contributed by atoms with Crippen molar-refractivity contribution in [3.8, 4) is 17.6 Å². The van der Waals surface area contributed by atoms with Gasteiger partial charge in [0.15, 0.2) is 6.10 Å². The molecule has 1 atom stereocenters. The Morgan fingerprint density at radius 1 is 1.27 bits per heavy atom. The minimum Gasteiger partial charge on any atom is -0.477 e. The van der Waals surface area contributed by atoms with Crippen molar-refractivity contribution in [1.82, 2.24) is 4.57 Å². The molecular formula is C23H23Cl2N3O2. The van der Waals surface area contributed by atoms with E-state index in [1.165, 1.54) is 11.6 Å². The first-order valence-electron chi connectivity index (χ1n) is 9.15. The van der Waals surface area contributed by atoms with Gasteiger partial charge in [-0.25, -0.2) is 0 Å². The second kappa shape index (κ2) is 10.6. The summed E-state index contributed by atoms with van der Waals surface area (Å²) in [7, 11) is 0. The van der Waals surface area contributed by atoms with E-state index in [0.717, 1.165) is 0 Å². The molecule has 0 saturated heterocycles. The highest BCUT2D eigenvalue weighted by molar-refractivity contribution is 6.33. The predicted octanol–water partition coefficient (Wildman–Crippen LogP) is 5.24. The molecule has 1 amide bonds. The third kappa shape index (κ3) is 5.96. The fourth-order valence-electron chi connectivity index (χ4n) is 2.87. The Morgan fingerprint density at radius 3 is 2.70 bits per heavy atom.